The van der Waals surface area contributed by atoms with Crippen LogP contribution in [0, 0.1) is 28.1 Å². The molecule has 13 nitrogen and oxygen atoms in total. The lowest BCUT2D eigenvalue weighted by Crippen LogP contribution is -2.60. The maximum atomic E-state index is 14.8. The third-order valence-electron chi connectivity index (χ3n) is 13.5. The van der Waals surface area contributed by atoms with Crippen LogP contribution in [0.4, 0.5) is 0 Å². The van der Waals surface area contributed by atoms with E-state index in [0.29, 0.717) is 58.7 Å². The number of rotatable bonds is 14. The van der Waals surface area contributed by atoms with Crippen LogP contribution in [-0.4, -0.2) is 84.6 Å². The lowest BCUT2D eigenvalue weighted by atomic mass is 9.85. The maximum absolute atomic E-state index is 14.8. The van der Waals surface area contributed by atoms with Crippen molar-refractivity contribution in [3.05, 3.63) is 67.3 Å². The smallest absolute Gasteiger partial charge is 0.259 e. The number of hydrogen-bond donors (Lipinski definition) is 3. The van der Waals surface area contributed by atoms with Gasteiger partial charge in [0, 0.05) is 41.8 Å². The first kappa shape index (κ1) is 37.6. The lowest BCUT2D eigenvalue weighted by Gasteiger charge is -2.35. The van der Waals surface area contributed by atoms with Gasteiger partial charge in [0.05, 0.1) is 30.1 Å². The zero-order valence-electron chi connectivity index (χ0n) is 32.7. The van der Waals surface area contributed by atoms with Gasteiger partial charge in [-0.05, 0) is 66.4 Å². The molecule has 5 unspecified atom stereocenters. The molecule has 57 heavy (non-hydrogen) atoms. The average molecular weight is 796 g/mol. The van der Waals surface area contributed by atoms with Gasteiger partial charge >= 0.3 is 0 Å². The summed E-state index contributed by atoms with van der Waals surface area (Å²) in [6, 6.07) is 14.9. The van der Waals surface area contributed by atoms with E-state index in [1.54, 1.807) is 7.11 Å². The molecule has 300 valence electrons. The van der Waals surface area contributed by atoms with E-state index in [2.05, 4.69) is 21.9 Å². The Hall–Kier alpha value is -4.98. The Kier molecular flexibility index (Phi) is 8.41. The van der Waals surface area contributed by atoms with E-state index in [0.717, 1.165) is 12.0 Å². The second kappa shape index (κ2) is 12.8. The van der Waals surface area contributed by atoms with Crippen LogP contribution in [0.25, 0.3) is 22.2 Å². The van der Waals surface area contributed by atoms with Crippen LogP contribution in [0.3, 0.4) is 0 Å². The minimum Gasteiger partial charge on any atom is -0.497 e. The van der Waals surface area contributed by atoms with Gasteiger partial charge in [0.15, 0.2) is 0 Å². The highest BCUT2D eigenvalue weighted by Gasteiger charge is 3.01. The fourth-order valence-corrected chi connectivity index (χ4v) is 10.9. The van der Waals surface area contributed by atoms with Gasteiger partial charge in [0.2, 0.25) is 27.7 Å². The van der Waals surface area contributed by atoms with Crippen LogP contribution in [0.5, 0.6) is 11.5 Å². The molecule has 1 spiro atoms. The van der Waals surface area contributed by atoms with Gasteiger partial charge in [-0.25, -0.2) is 13.4 Å². The summed E-state index contributed by atoms with van der Waals surface area (Å²) in [5, 5.41) is 5.98. The number of pyridine rings is 1. The molecular formula is C43H49N5O8S. The predicted octanol–water partition coefficient (Wildman–Crippen LogP) is 4.26. The van der Waals surface area contributed by atoms with Gasteiger partial charge in [-0.2, -0.15) is 0 Å². The van der Waals surface area contributed by atoms with Gasteiger partial charge in [0.1, 0.15) is 35.2 Å². The monoisotopic (exact) mass is 795 g/mol. The molecule has 5 saturated carbocycles. The number of fused-ring (bicyclic) bond motifs is 2. The molecule has 1 aromatic heterocycles. The SMILES string of the molecule is C=CC1CC1(NC(=O)[C@@H]1C[C@@H](Oc2cc(-c3ccccc3)nc3cc(OC)ccc23)CN1C(=O)[C@@H](NC(=O)CC12CC13CC23)C(C)(C)C)C(=O)NS(=O)(=O)C1CC1. The van der Waals surface area contributed by atoms with Crippen molar-refractivity contribution in [1.29, 1.82) is 0 Å². The number of methoxy groups -OCH3 is 1. The van der Waals surface area contributed by atoms with E-state index in [1.807, 2.05) is 75.4 Å². The predicted molar refractivity (Wildman–Crippen MR) is 211 cm³/mol. The van der Waals surface area contributed by atoms with E-state index < -0.39 is 68.1 Å². The number of amides is 4. The van der Waals surface area contributed by atoms with E-state index in [9.17, 15) is 27.6 Å². The van der Waals surface area contributed by atoms with E-state index in [1.165, 1.54) is 17.4 Å². The second-order valence-corrected chi connectivity index (χ2v) is 20.2. The molecule has 14 heteroatoms. The van der Waals surface area contributed by atoms with Crippen molar-refractivity contribution >= 4 is 44.6 Å². The topological polar surface area (TPSA) is 173 Å². The van der Waals surface area contributed by atoms with Crippen LogP contribution in [-0.2, 0) is 29.2 Å². The number of sulfonamides is 1. The van der Waals surface area contributed by atoms with Crippen molar-refractivity contribution in [2.75, 3.05) is 13.7 Å². The summed E-state index contributed by atoms with van der Waals surface area (Å²) in [6.45, 7) is 9.45. The Morgan fingerprint density at radius 2 is 1.81 bits per heavy atom. The molecule has 0 bridgehead atoms. The zero-order valence-corrected chi connectivity index (χ0v) is 33.5. The quantitative estimate of drug-likeness (QED) is 0.202. The highest BCUT2D eigenvalue weighted by atomic mass is 32.2. The minimum absolute atomic E-state index is 0.00920. The van der Waals surface area contributed by atoms with Gasteiger partial charge < -0.3 is 25.0 Å². The summed E-state index contributed by atoms with van der Waals surface area (Å²) in [6.07, 6.45) is 4.66. The number of hydrogen-bond acceptors (Lipinski definition) is 9. The summed E-state index contributed by atoms with van der Waals surface area (Å²) in [7, 11) is -2.32. The normalized spacial score (nSPS) is 30.9. The number of aromatic nitrogens is 1. The molecule has 6 fully saturated rings. The fraction of sp³-hybridized carbons (Fsp3) is 0.512. The molecule has 3 N–H and O–H groups in total. The van der Waals surface area contributed by atoms with Crippen LogP contribution in [0.15, 0.2) is 67.3 Å². The van der Waals surface area contributed by atoms with Crippen molar-refractivity contribution in [2.45, 2.75) is 94.7 Å². The molecule has 1 saturated heterocycles. The summed E-state index contributed by atoms with van der Waals surface area (Å²) >= 11 is 0. The van der Waals surface area contributed by atoms with E-state index in [4.69, 9.17) is 14.5 Å². The number of likely N-dealkylation sites (tertiary alicyclic amines) is 1. The van der Waals surface area contributed by atoms with Crippen LogP contribution < -0.4 is 24.8 Å². The van der Waals surface area contributed by atoms with Crippen molar-refractivity contribution in [1.82, 2.24) is 25.2 Å². The highest BCUT2D eigenvalue weighted by Crippen LogP contribution is 3.07. The molecule has 0 radical (unpaired) electrons. The third kappa shape index (κ3) is 6.34. The fourth-order valence-electron chi connectivity index (χ4n) is 9.53. The molecule has 9 rings (SSSR count). The highest BCUT2D eigenvalue weighted by molar-refractivity contribution is 7.91. The number of nitrogens with one attached hydrogen (secondary N) is 3. The third-order valence-corrected chi connectivity index (χ3v) is 15.3. The number of carbonyl (C=O) groups is 4. The molecule has 6 aliphatic rings. The molecule has 4 amide bonds. The van der Waals surface area contributed by atoms with Crippen LogP contribution >= 0.6 is 0 Å². The van der Waals surface area contributed by atoms with Crippen LogP contribution in [0.1, 0.15) is 65.7 Å². The number of benzene rings is 2. The van der Waals surface area contributed by atoms with Crippen molar-refractivity contribution in [3.8, 4) is 22.8 Å². The first-order chi connectivity index (χ1) is 27.0. The molecule has 1 aliphatic heterocycles. The molecule has 2 aromatic carbocycles. The molecule has 5 aliphatic carbocycles. The summed E-state index contributed by atoms with van der Waals surface area (Å²) in [4.78, 5) is 62.8. The second-order valence-electron chi connectivity index (χ2n) is 18.2. The Morgan fingerprint density at radius 1 is 1.07 bits per heavy atom. The number of carbonyl (C=O) groups excluding carboxylic acids is 4. The minimum atomic E-state index is -3.90. The Bertz CT molecular complexity index is 2340. The van der Waals surface area contributed by atoms with Gasteiger partial charge in [-0.1, -0.05) is 57.2 Å². The average Bonchev–Trinajstić information content (AvgIpc) is 4.00. The molecular weight excluding hydrogens is 747 g/mol. The van der Waals surface area contributed by atoms with E-state index in [-0.39, 0.29) is 30.7 Å². The first-order valence-electron chi connectivity index (χ1n) is 19.9. The Balaban J connectivity index is 1.02. The molecule has 8 atom stereocenters. The number of nitrogens with zero attached hydrogens (tertiary/aromatic N) is 2. The van der Waals surface area contributed by atoms with Crippen molar-refractivity contribution < 1.29 is 37.1 Å². The molecule has 2 heterocycles. The largest absolute Gasteiger partial charge is 0.497 e. The zero-order chi connectivity index (χ0) is 40.3. The van der Waals surface area contributed by atoms with Crippen molar-refractivity contribution in [2.24, 2.45) is 28.1 Å². The van der Waals surface area contributed by atoms with Gasteiger partial charge in [0.25, 0.3) is 5.91 Å². The first-order valence-corrected chi connectivity index (χ1v) is 21.4. The molecule has 3 aromatic rings. The van der Waals surface area contributed by atoms with Gasteiger partial charge in [-0.3, -0.25) is 23.9 Å². The summed E-state index contributed by atoms with van der Waals surface area (Å²) in [5.74, 6) is -0.810. The van der Waals surface area contributed by atoms with E-state index >= 15 is 0 Å². The summed E-state index contributed by atoms with van der Waals surface area (Å²) in [5.41, 5.74) is 0.387. The van der Waals surface area contributed by atoms with Crippen molar-refractivity contribution in [3.63, 3.8) is 0 Å². The lowest BCUT2D eigenvalue weighted by molar-refractivity contribution is -0.144. The maximum Gasteiger partial charge on any atom is 0.259 e. The number of ether oxygens (including phenoxy) is 2. The Morgan fingerprint density at radius 3 is 2.40 bits per heavy atom. The Labute approximate surface area is 332 Å². The van der Waals surface area contributed by atoms with Crippen LogP contribution in [0.2, 0.25) is 0 Å². The van der Waals surface area contributed by atoms with Gasteiger partial charge in [-0.15, -0.1) is 6.58 Å². The standard InChI is InChI=1S/C43H49N5O8S/c1-6-25-19-43(25,39(52)47-57(53,54)28-13-14-28)46-37(50)32-17-27(22-48(32)38(51)36(40(2,3)4)45-35(49)21-42-23-41(42)20-34(41)42)56-33-18-30(24-10-8-7-9-11-24)44-31-16-26(55-5)12-15-29(31)33/h6-12,15-16,18,25,27-28,32,34,36H,1,13-14,17,19-23H2,2-5H3,(H,45,49)(H,46,50)(H,47,52)/t25?,27-,32+,34?,36-,41?,42?,43?/m1/s1. The summed E-state index contributed by atoms with van der Waals surface area (Å²) < 4.78 is 40.0.